The number of allylic oxidation sites excluding steroid dienone is 4. The molecule has 0 aromatic heterocycles. The third-order valence-corrected chi connectivity index (χ3v) is 24.5. The summed E-state index contributed by atoms with van der Waals surface area (Å²) in [6.45, 7) is 14.7. The number of nitrogens with one attached hydrogen (secondary N) is 1. The van der Waals surface area contributed by atoms with Crippen molar-refractivity contribution < 1.29 is 21.2 Å². The van der Waals surface area contributed by atoms with Crippen LogP contribution in [0.1, 0.15) is 47.0 Å². The maximum atomic E-state index is 4.17. The first-order valence-electron chi connectivity index (χ1n) is 11.5. The first-order chi connectivity index (χ1) is 14.4. The average molecular weight is 496 g/mol. The van der Waals surface area contributed by atoms with Crippen LogP contribution in [0.2, 0.25) is 13.1 Å². The van der Waals surface area contributed by atoms with Gasteiger partial charge in [0.2, 0.25) is 0 Å². The summed E-state index contributed by atoms with van der Waals surface area (Å²) >= 11 is -1.50. The minimum Gasteiger partial charge on any atom is -0.0622 e. The standard InChI is InChI=1S/C12H10.C9H13.C4H8N.C2H7Si.Zr/c1-3-7-11(8-4-1)12-9-5-2-6-10-12;1-6-5-7(2)9(4)8(6)3;5-4-2-1-3-4;1-3-2;/h1-10H;6H,1-4H3;4-5H,1-3H2;3H,1-2H3;/q;;-1;;+1. The van der Waals surface area contributed by atoms with E-state index in [-0.39, 0.29) is 0 Å². The van der Waals surface area contributed by atoms with E-state index in [1.807, 2.05) is 15.4 Å². The van der Waals surface area contributed by atoms with E-state index in [9.17, 15) is 0 Å². The number of hydrogen-bond acceptors (Lipinski definition) is 1. The molecule has 1 atom stereocenters. The van der Waals surface area contributed by atoms with Crippen LogP contribution in [0.25, 0.3) is 11.1 Å². The van der Waals surface area contributed by atoms with Gasteiger partial charge >= 0.3 is 122 Å². The third-order valence-electron chi connectivity index (χ3n) is 6.85. The molecule has 4 rings (SSSR count). The van der Waals surface area contributed by atoms with Crippen LogP contribution in [-0.2, 0) is 21.2 Å². The Labute approximate surface area is 193 Å². The Balaban J connectivity index is 0.000000184. The fraction of sp³-hybridized carbons (Fsp3) is 0.407. The third kappa shape index (κ3) is 5.61. The second-order valence-electron chi connectivity index (χ2n) is 9.14. The first-order valence-corrected chi connectivity index (χ1v) is 21.1. The van der Waals surface area contributed by atoms with Gasteiger partial charge in [0.25, 0.3) is 0 Å². The Bertz CT molecular complexity index is 844. The molecule has 2 aliphatic carbocycles. The van der Waals surface area contributed by atoms with Gasteiger partial charge in [0.05, 0.1) is 0 Å². The van der Waals surface area contributed by atoms with E-state index in [4.69, 9.17) is 0 Å². The van der Waals surface area contributed by atoms with Crippen molar-refractivity contribution in [3.05, 3.63) is 80.7 Å². The van der Waals surface area contributed by atoms with E-state index in [2.05, 4.69) is 92.6 Å². The summed E-state index contributed by atoms with van der Waals surface area (Å²) in [5.74, 6) is 0.246. The van der Waals surface area contributed by atoms with Gasteiger partial charge in [-0.15, -0.1) is 0 Å². The van der Waals surface area contributed by atoms with Crippen LogP contribution in [0.5, 0.6) is 0 Å². The van der Waals surface area contributed by atoms with Crippen molar-refractivity contribution >= 4 is 5.92 Å². The van der Waals surface area contributed by atoms with E-state index in [0.29, 0.717) is 0 Å². The molecule has 1 nitrogen and oxygen atoms in total. The van der Waals surface area contributed by atoms with Crippen molar-refractivity contribution in [2.45, 2.75) is 66.1 Å². The Morgan fingerprint density at radius 1 is 0.800 bits per heavy atom. The molecule has 0 spiro atoms. The zero-order chi connectivity index (χ0) is 21.7. The van der Waals surface area contributed by atoms with Gasteiger partial charge in [-0.1, -0.05) is 60.7 Å². The van der Waals surface area contributed by atoms with E-state index in [1.54, 1.807) is 16.7 Å². The summed E-state index contributed by atoms with van der Waals surface area (Å²) in [5, 5.41) is 0. The van der Waals surface area contributed by atoms with Crippen molar-refractivity contribution in [3.8, 4) is 11.1 Å². The van der Waals surface area contributed by atoms with Gasteiger partial charge < -0.3 is 0 Å². The van der Waals surface area contributed by atoms with Gasteiger partial charge in [0.15, 0.2) is 0 Å². The van der Waals surface area contributed by atoms with Gasteiger partial charge in [0.1, 0.15) is 0 Å². The van der Waals surface area contributed by atoms with E-state index in [0.717, 1.165) is 12.0 Å². The van der Waals surface area contributed by atoms with Crippen molar-refractivity contribution in [1.29, 1.82) is 0 Å². The van der Waals surface area contributed by atoms with Crippen LogP contribution >= 0.6 is 0 Å². The van der Waals surface area contributed by atoms with Gasteiger partial charge in [0, 0.05) is 0 Å². The smallest absolute Gasteiger partial charge is 0.0184 e. The molecule has 1 N–H and O–H groups in total. The quantitative estimate of drug-likeness (QED) is 0.430. The second kappa shape index (κ2) is 11.0. The zero-order valence-electron chi connectivity index (χ0n) is 19.6. The van der Waals surface area contributed by atoms with Crippen molar-refractivity contribution in [2.24, 2.45) is 5.92 Å². The average Bonchev–Trinajstić information content (AvgIpc) is 2.92. The molecule has 0 radical (unpaired) electrons. The van der Waals surface area contributed by atoms with Crippen LogP contribution in [-0.4, -0.2) is 12.0 Å². The summed E-state index contributed by atoms with van der Waals surface area (Å²) < 4.78 is 6.09. The molecule has 30 heavy (non-hydrogen) atoms. The largest absolute Gasteiger partial charge is 0.0622 e. The molecule has 3 heteroatoms. The molecular weight excluding hydrogens is 458 g/mol. The van der Waals surface area contributed by atoms with Crippen LogP contribution in [0.4, 0.5) is 0 Å². The Morgan fingerprint density at radius 3 is 1.63 bits per heavy atom. The van der Waals surface area contributed by atoms with Crippen LogP contribution in [0.3, 0.4) is 0 Å². The normalized spacial score (nSPS) is 19.0. The van der Waals surface area contributed by atoms with Crippen molar-refractivity contribution in [3.63, 3.8) is 0 Å². The Hall–Kier alpha value is -1.02. The molecule has 0 bridgehead atoms. The predicted octanol–water partition coefficient (Wildman–Crippen LogP) is 7.26. The zero-order valence-corrected chi connectivity index (χ0v) is 23.2. The summed E-state index contributed by atoms with van der Waals surface area (Å²) in [6.07, 6.45) is 4.34. The maximum Gasteiger partial charge on any atom is -0.0184 e. The van der Waals surface area contributed by atoms with Gasteiger partial charge in [-0.25, -0.2) is 0 Å². The Kier molecular flexibility index (Phi) is 8.69. The summed E-state index contributed by atoms with van der Waals surface area (Å²) in [7, 11) is 0. The molecule has 2 aromatic carbocycles. The monoisotopic (exact) mass is 494 g/mol. The molecule has 1 fully saturated rings. The molecule has 0 heterocycles. The SMILES string of the molecule is CC1=C(C)C(C)[C]([Zr]([NH]C2CCC2)[SiH](C)C)=C1C.c1ccc(-c2ccccc2)cc1. The van der Waals surface area contributed by atoms with Crippen LogP contribution in [0, 0.1) is 5.92 Å². The van der Waals surface area contributed by atoms with Crippen LogP contribution < -0.4 is 3.26 Å². The number of benzene rings is 2. The predicted molar refractivity (Wildman–Crippen MR) is 132 cm³/mol. The molecule has 2 aromatic rings. The minimum absolute atomic E-state index is 0.505. The molecule has 2 aliphatic rings. The second-order valence-corrected chi connectivity index (χ2v) is 27.4. The van der Waals surface area contributed by atoms with Crippen molar-refractivity contribution in [1.82, 2.24) is 3.26 Å². The molecule has 0 aliphatic heterocycles. The summed E-state index contributed by atoms with van der Waals surface area (Å²) in [6, 6.07) is 21.7. The van der Waals surface area contributed by atoms with E-state index >= 15 is 0 Å². The Morgan fingerprint density at radius 2 is 1.30 bits per heavy atom. The summed E-state index contributed by atoms with van der Waals surface area (Å²) in [4.78, 5) is 0. The molecule has 0 saturated heterocycles. The van der Waals surface area contributed by atoms with Crippen molar-refractivity contribution in [2.75, 3.05) is 0 Å². The number of hydrogen-bond donors (Lipinski definition) is 1. The van der Waals surface area contributed by atoms with E-state index in [1.165, 1.54) is 30.4 Å². The molecule has 1 unspecified atom stereocenters. The topological polar surface area (TPSA) is 12.0 Å². The maximum absolute atomic E-state index is 4.17. The molecule has 1 saturated carbocycles. The summed E-state index contributed by atoms with van der Waals surface area (Å²) in [5.41, 5.74) is 7.46. The number of rotatable bonds is 5. The van der Waals surface area contributed by atoms with Crippen LogP contribution in [0.15, 0.2) is 80.7 Å². The van der Waals surface area contributed by atoms with Gasteiger partial charge in [-0.3, -0.25) is 0 Å². The first kappa shape index (κ1) is 23.6. The molecule has 0 amide bonds. The molecular formula is C27H38NSiZr. The van der Waals surface area contributed by atoms with E-state index < -0.39 is 27.1 Å². The fourth-order valence-corrected chi connectivity index (χ4v) is 21.8. The van der Waals surface area contributed by atoms with Gasteiger partial charge in [-0.05, 0) is 11.1 Å². The fourth-order valence-electron chi connectivity index (χ4n) is 4.39. The minimum atomic E-state index is -1.50. The molecule has 159 valence electrons. The van der Waals surface area contributed by atoms with Gasteiger partial charge in [-0.2, -0.15) is 0 Å².